The van der Waals surface area contributed by atoms with Gasteiger partial charge in [-0.05, 0) is 35.7 Å². The van der Waals surface area contributed by atoms with Gasteiger partial charge in [0, 0.05) is 12.2 Å². The number of halogens is 1. The van der Waals surface area contributed by atoms with E-state index in [0.717, 1.165) is 27.6 Å². The number of hydrogen-bond acceptors (Lipinski definition) is 6. The molecule has 27 heavy (non-hydrogen) atoms. The monoisotopic (exact) mass is 402 g/mol. The summed E-state index contributed by atoms with van der Waals surface area (Å²) in [6.45, 7) is 2.59. The molecule has 2 N–H and O–H groups in total. The fourth-order valence-electron chi connectivity index (χ4n) is 2.38. The lowest BCUT2D eigenvalue weighted by Crippen LogP contribution is -2.15. The quantitative estimate of drug-likeness (QED) is 0.540. The molecule has 0 aliphatic rings. The summed E-state index contributed by atoms with van der Waals surface area (Å²) in [4.78, 5) is 12.2. The average Bonchev–Trinajstić information content (AvgIpc) is 3.14. The van der Waals surface area contributed by atoms with Crippen LogP contribution in [0.3, 0.4) is 0 Å². The van der Waals surface area contributed by atoms with Crippen LogP contribution in [0.15, 0.2) is 52.9 Å². The maximum absolute atomic E-state index is 12.9. The molecule has 0 atom stereocenters. The third-order valence-corrected chi connectivity index (χ3v) is 5.78. The summed E-state index contributed by atoms with van der Waals surface area (Å²) in [7, 11) is 0. The molecule has 0 bridgehead atoms. The number of anilines is 2. The van der Waals surface area contributed by atoms with Gasteiger partial charge in [0.25, 0.3) is 0 Å². The molecular weight excluding hydrogens is 383 g/mol. The van der Waals surface area contributed by atoms with E-state index in [9.17, 15) is 9.18 Å². The molecule has 3 aromatic rings. The molecule has 0 unspecified atom stereocenters. The van der Waals surface area contributed by atoms with Gasteiger partial charge < -0.3 is 10.6 Å². The molecule has 1 amide bonds. The first-order chi connectivity index (χ1) is 13.1. The Morgan fingerprint density at radius 1 is 1.15 bits per heavy atom. The molecule has 0 fully saturated rings. The number of para-hydroxylation sites is 1. The molecule has 1 heterocycles. The highest BCUT2D eigenvalue weighted by Crippen LogP contribution is 2.26. The molecule has 0 aliphatic heterocycles. The zero-order valence-corrected chi connectivity index (χ0v) is 16.4. The zero-order valence-electron chi connectivity index (χ0n) is 14.7. The second-order valence-electron chi connectivity index (χ2n) is 5.70. The Morgan fingerprint density at radius 3 is 2.70 bits per heavy atom. The van der Waals surface area contributed by atoms with Gasteiger partial charge in [-0.15, -0.1) is 10.2 Å². The number of thioether (sulfide) groups is 1. The first-order valence-electron chi connectivity index (χ1n) is 8.46. The van der Waals surface area contributed by atoms with Crippen molar-refractivity contribution in [1.29, 1.82) is 0 Å². The summed E-state index contributed by atoms with van der Waals surface area (Å²) >= 11 is 2.74. The summed E-state index contributed by atoms with van der Waals surface area (Å²) in [5.41, 5.74) is 2.92. The van der Waals surface area contributed by atoms with E-state index in [1.54, 1.807) is 12.1 Å². The molecule has 8 heteroatoms. The molecule has 0 saturated heterocycles. The summed E-state index contributed by atoms with van der Waals surface area (Å²) in [5, 5.41) is 14.9. The summed E-state index contributed by atoms with van der Waals surface area (Å²) in [6.07, 6.45) is 0.864. The number of carbonyl (C=O) groups is 1. The number of nitrogens with zero attached hydrogens (tertiary/aromatic N) is 2. The van der Waals surface area contributed by atoms with Crippen LogP contribution in [0.5, 0.6) is 0 Å². The Morgan fingerprint density at radius 2 is 1.93 bits per heavy atom. The average molecular weight is 403 g/mol. The van der Waals surface area contributed by atoms with Gasteiger partial charge in [0.1, 0.15) is 5.82 Å². The van der Waals surface area contributed by atoms with E-state index >= 15 is 0 Å². The number of hydrogen-bond donors (Lipinski definition) is 2. The molecule has 140 valence electrons. The predicted octanol–water partition coefficient (Wildman–Crippen LogP) is 4.58. The van der Waals surface area contributed by atoms with Crippen LogP contribution in [0.4, 0.5) is 15.2 Å². The minimum atomic E-state index is -0.256. The van der Waals surface area contributed by atoms with Crippen LogP contribution in [0.2, 0.25) is 0 Å². The fraction of sp³-hybridized carbons (Fsp3) is 0.211. The molecule has 5 nitrogen and oxygen atoms in total. The minimum Gasteiger partial charge on any atom is -0.356 e. The Labute approximate surface area is 165 Å². The van der Waals surface area contributed by atoms with Crippen LogP contribution < -0.4 is 10.6 Å². The van der Waals surface area contributed by atoms with Gasteiger partial charge in [-0.3, -0.25) is 4.79 Å². The number of benzene rings is 2. The SMILES string of the molecule is CCc1ccccc1NC(=O)CSc1nnc(NCc2ccc(F)cc2)s1. The van der Waals surface area contributed by atoms with Crippen LogP contribution in [0.25, 0.3) is 0 Å². The Kier molecular flexibility index (Phi) is 6.78. The van der Waals surface area contributed by atoms with E-state index in [-0.39, 0.29) is 17.5 Å². The Hall–Kier alpha value is -2.45. The van der Waals surface area contributed by atoms with Crippen LogP contribution in [0, 0.1) is 5.82 Å². The molecule has 3 rings (SSSR count). The topological polar surface area (TPSA) is 66.9 Å². The number of aromatic nitrogens is 2. The lowest BCUT2D eigenvalue weighted by atomic mass is 10.1. The van der Waals surface area contributed by atoms with Crippen molar-refractivity contribution in [3.05, 3.63) is 65.5 Å². The normalized spacial score (nSPS) is 10.6. The van der Waals surface area contributed by atoms with Gasteiger partial charge in [-0.2, -0.15) is 0 Å². The van der Waals surface area contributed by atoms with Gasteiger partial charge in [0.15, 0.2) is 4.34 Å². The molecule has 0 aliphatic carbocycles. The predicted molar refractivity (Wildman–Crippen MR) is 109 cm³/mol. The molecule has 0 radical (unpaired) electrons. The summed E-state index contributed by atoms with van der Waals surface area (Å²) in [6, 6.07) is 14.1. The minimum absolute atomic E-state index is 0.0723. The number of rotatable bonds is 8. The van der Waals surface area contributed by atoms with E-state index in [2.05, 4.69) is 27.8 Å². The zero-order chi connectivity index (χ0) is 19.1. The maximum Gasteiger partial charge on any atom is 0.234 e. The maximum atomic E-state index is 12.9. The number of carbonyl (C=O) groups excluding carboxylic acids is 1. The van der Waals surface area contributed by atoms with E-state index < -0.39 is 0 Å². The van der Waals surface area contributed by atoms with Gasteiger partial charge in [0.05, 0.1) is 5.75 Å². The summed E-state index contributed by atoms with van der Waals surface area (Å²) < 4.78 is 13.6. The van der Waals surface area contributed by atoms with Crippen LogP contribution in [0.1, 0.15) is 18.1 Å². The van der Waals surface area contributed by atoms with Crippen molar-refractivity contribution in [2.75, 3.05) is 16.4 Å². The number of aryl methyl sites for hydroxylation is 1. The number of amides is 1. The van der Waals surface area contributed by atoms with Gasteiger partial charge in [-0.25, -0.2) is 4.39 Å². The van der Waals surface area contributed by atoms with Crippen molar-refractivity contribution >= 4 is 39.8 Å². The first kappa shape index (κ1) is 19.3. The highest BCUT2D eigenvalue weighted by molar-refractivity contribution is 8.01. The molecule has 2 aromatic carbocycles. The number of nitrogens with one attached hydrogen (secondary N) is 2. The van der Waals surface area contributed by atoms with Crippen LogP contribution >= 0.6 is 23.1 Å². The standard InChI is InChI=1S/C19H19FN4OS2/c1-2-14-5-3-4-6-16(14)22-17(25)12-26-19-24-23-18(27-19)21-11-13-7-9-15(20)10-8-13/h3-10H,2,11-12H2,1H3,(H,21,23)(H,22,25). The van der Waals surface area contributed by atoms with E-state index in [4.69, 9.17) is 0 Å². The van der Waals surface area contributed by atoms with Crippen molar-refractivity contribution in [3.8, 4) is 0 Å². The van der Waals surface area contributed by atoms with Gasteiger partial charge >= 0.3 is 0 Å². The van der Waals surface area contributed by atoms with Gasteiger partial charge in [0.2, 0.25) is 11.0 Å². The van der Waals surface area contributed by atoms with Crippen LogP contribution in [-0.2, 0) is 17.8 Å². The largest absolute Gasteiger partial charge is 0.356 e. The highest BCUT2D eigenvalue weighted by Gasteiger charge is 2.10. The third-order valence-electron chi connectivity index (χ3n) is 3.76. The molecule has 0 saturated carbocycles. The first-order valence-corrected chi connectivity index (χ1v) is 10.3. The third kappa shape index (κ3) is 5.77. The molecule has 0 spiro atoms. The highest BCUT2D eigenvalue weighted by atomic mass is 32.2. The second kappa shape index (κ2) is 9.48. The van der Waals surface area contributed by atoms with Crippen molar-refractivity contribution in [2.45, 2.75) is 24.2 Å². The van der Waals surface area contributed by atoms with Crippen molar-refractivity contribution in [2.24, 2.45) is 0 Å². The lowest BCUT2D eigenvalue weighted by molar-refractivity contribution is -0.113. The lowest BCUT2D eigenvalue weighted by Gasteiger charge is -2.08. The Bertz CT molecular complexity index is 899. The fourth-order valence-corrected chi connectivity index (χ4v) is 3.93. The molecular formula is C19H19FN4OS2. The van der Waals surface area contributed by atoms with Crippen molar-refractivity contribution < 1.29 is 9.18 Å². The molecule has 1 aromatic heterocycles. The van der Waals surface area contributed by atoms with Crippen molar-refractivity contribution in [3.63, 3.8) is 0 Å². The van der Waals surface area contributed by atoms with E-state index in [1.165, 1.54) is 35.2 Å². The Balaban J connectivity index is 1.47. The summed E-state index contributed by atoms with van der Waals surface area (Å²) in [5.74, 6) is -0.0601. The van der Waals surface area contributed by atoms with Crippen molar-refractivity contribution in [1.82, 2.24) is 10.2 Å². The van der Waals surface area contributed by atoms with Gasteiger partial charge in [-0.1, -0.05) is 60.4 Å². The van der Waals surface area contributed by atoms with E-state index in [0.29, 0.717) is 11.7 Å². The van der Waals surface area contributed by atoms with E-state index in [1.807, 2.05) is 24.3 Å². The second-order valence-corrected chi connectivity index (χ2v) is 7.90. The van der Waals surface area contributed by atoms with Crippen LogP contribution in [-0.4, -0.2) is 21.9 Å². The smallest absolute Gasteiger partial charge is 0.234 e.